The van der Waals surface area contributed by atoms with Gasteiger partial charge >= 0.3 is 14.6 Å². The van der Waals surface area contributed by atoms with Gasteiger partial charge in [-0.05, 0) is 41.3 Å². The molecule has 33 heavy (non-hydrogen) atoms. The van der Waals surface area contributed by atoms with Gasteiger partial charge in [-0.1, -0.05) is 6.07 Å². The van der Waals surface area contributed by atoms with Gasteiger partial charge in [0.2, 0.25) is 12.3 Å². The summed E-state index contributed by atoms with van der Waals surface area (Å²) >= 11 is 0. The number of benzene rings is 2. The summed E-state index contributed by atoms with van der Waals surface area (Å²) in [5, 5.41) is 34.2. The molecule has 0 bridgehead atoms. The number of rotatable bonds is 10. The largest absolute Gasteiger partial charge is 0.488 e. The van der Waals surface area contributed by atoms with Crippen LogP contribution in [0.1, 0.15) is 27.1 Å². The Balaban J connectivity index is 2.16. The lowest BCUT2D eigenvalue weighted by Crippen LogP contribution is -2.46. The highest BCUT2D eigenvalue weighted by atomic mass is 19.1. The van der Waals surface area contributed by atoms with Crippen molar-refractivity contribution in [3.63, 3.8) is 0 Å². The van der Waals surface area contributed by atoms with Crippen LogP contribution in [0.5, 0.6) is 0 Å². The van der Waals surface area contributed by atoms with Gasteiger partial charge in [-0.3, -0.25) is 24.5 Å². The van der Waals surface area contributed by atoms with Crippen LogP contribution in [0.15, 0.2) is 36.4 Å². The molecule has 0 fully saturated rings. The van der Waals surface area contributed by atoms with Crippen molar-refractivity contribution in [3.8, 4) is 0 Å². The third-order valence-corrected chi connectivity index (χ3v) is 4.38. The van der Waals surface area contributed by atoms with Crippen LogP contribution in [0.25, 0.3) is 0 Å². The van der Waals surface area contributed by atoms with E-state index >= 15 is 0 Å². The quantitative estimate of drug-likeness (QED) is 0.160. The van der Waals surface area contributed by atoms with Crippen LogP contribution in [0.3, 0.4) is 0 Å². The number of imide groups is 1. The Kier molecular flexibility index (Phi) is 9.21. The molecule has 0 saturated carbocycles. The molecular weight excluding hydrogens is 442 g/mol. The van der Waals surface area contributed by atoms with Crippen LogP contribution >= 0.6 is 0 Å². The molecule has 10 nitrogen and oxygen atoms in total. The summed E-state index contributed by atoms with van der Waals surface area (Å²) in [7, 11) is -2.53. The van der Waals surface area contributed by atoms with Crippen molar-refractivity contribution < 1.29 is 43.0 Å². The van der Waals surface area contributed by atoms with Gasteiger partial charge in [0.25, 0.3) is 11.8 Å². The molecule has 0 aliphatic heterocycles. The van der Waals surface area contributed by atoms with E-state index in [0.717, 1.165) is 30.3 Å². The Morgan fingerprint density at radius 1 is 1.00 bits per heavy atom. The van der Waals surface area contributed by atoms with E-state index in [1.165, 1.54) is 6.07 Å². The monoisotopic (exact) mass is 461 g/mol. The van der Waals surface area contributed by atoms with E-state index in [0.29, 0.717) is 0 Å². The number of nitrogens with one attached hydrogen (secondary N) is 3. The number of carbonyl (C=O) groups is 4. The van der Waals surface area contributed by atoms with E-state index in [9.17, 15) is 38.0 Å². The van der Waals surface area contributed by atoms with Gasteiger partial charge in [0.1, 0.15) is 11.6 Å². The summed E-state index contributed by atoms with van der Waals surface area (Å²) in [5.41, 5.74) is -0.533. The fourth-order valence-corrected chi connectivity index (χ4v) is 2.87. The second-order valence-corrected chi connectivity index (χ2v) is 6.92. The SMILES string of the molecule is O=CNC(=O)C[C@H](CNC(=O)c1cc(F)cc(B(O)O)c1)NC(=O)c1cc(F)cc(BO)c1. The third kappa shape index (κ3) is 7.79. The Hall–Kier alpha value is -3.61. The molecule has 2 aromatic rings. The second kappa shape index (κ2) is 11.9. The molecule has 0 heterocycles. The zero-order chi connectivity index (χ0) is 24.5. The topological polar surface area (TPSA) is 165 Å². The molecule has 2 aromatic carbocycles. The van der Waals surface area contributed by atoms with Crippen LogP contribution in [-0.4, -0.2) is 66.4 Å². The minimum Gasteiger partial charge on any atom is -0.449 e. The molecule has 14 heteroatoms. The van der Waals surface area contributed by atoms with E-state index in [1.807, 2.05) is 5.32 Å². The molecule has 0 aliphatic carbocycles. The molecule has 4 amide bonds. The van der Waals surface area contributed by atoms with Crippen molar-refractivity contribution in [2.24, 2.45) is 0 Å². The smallest absolute Gasteiger partial charge is 0.449 e. The minimum atomic E-state index is -2.01. The molecule has 0 saturated heterocycles. The number of amides is 4. The average Bonchev–Trinajstić information content (AvgIpc) is 2.76. The highest BCUT2D eigenvalue weighted by Gasteiger charge is 2.21. The van der Waals surface area contributed by atoms with Crippen LogP contribution in [0.4, 0.5) is 8.78 Å². The van der Waals surface area contributed by atoms with Gasteiger partial charge in [0.05, 0.1) is 6.04 Å². The standard InChI is InChI=1S/C19H19B2F2N3O7/c22-14-3-10(1-12(5-14)20-31)19(30)26-16(7-17(28)25-9-27)8-24-18(29)11-2-13(21(32)33)6-15(23)4-11/h1-6,9,16,20,31-33H,7-8H2,(H,24,29)(H,26,30)(H,25,27,28)/t16-/m1/s1. The summed E-state index contributed by atoms with van der Waals surface area (Å²) in [4.78, 5) is 47.2. The van der Waals surface area contributed by atoms with Crippen molar-refractivity contribution in [3.05, 3.63) is 59.2 Å². The molecule has 0 aliphatic rings. The van der Waals surface area contributed by atoms with Crippen molar-refractivity contribution in [1.29, 1.82) is 0 Å². The van der Waals surface area contributed by atoms with Gasteiger partial charge in [-0.15, -0.1) is 0 Å². The molecule has 6 N–H and O–H groups in total. The zero-order valence-corrected chi connectivity index (χ0v) is 17.0. The highest BCUT2D eigenvalue weighted by Crippen LogP contribution is 2.05. The van der Waals surface area contributed by atoms with E-state index in [1.54, 1.807) is 0 Å². The van der Waals surface area contributed by atoms with E-state index in [4.69, 9.17) is 5.02 Å². The summed E-state index contributed by atoms with van der Waals surface area (Å²) < 4.78 is 27.3. The van der Waals surface area contributed by atoms with Gasteiger partial charge in [0.15, 0.2) is 0 Å². The molecule has 172 valence electrons. The van der Waals surface area contributed by atoms with Gasteiger partial charge < -0.3 is 25.7 Å². The Bertz CT molecular complexity index is 1060. The first-order valence-corrected chi connectivity index (χ1v) is 9.52. The van der Waals surface area contributed by atoms with Gasteiger partial charge in [-0.25, -0.2) is 8.78 Å². The normalized spacial score (nSPS) is 11.2. The summed E-state index contributed by atoms with van der Waals surface area (Å²) in [6, 6.07) is 4.81. The number of hydrogen-bond acceptors (Lipinski definition) is 7. The van der Waals surface area contributed by atoms with E-state index < -0.39 is 56.4 Å². The van der Waals surface area contributed by atoms with Crippen molar-refractivity contribution >= 4 is 49.7 Å². The fourth-order valence-electron chi connectivity index (χ4n) is 2.87. The Morgan fingerprint density at radius 2 is 1.64 bits per heavy atom. The summed E-state index contributed by atoms with van der Waals surface area (Å²) in [6.45, 7) is -0.355. The minimum absolute atomic E-state index is 0.133. The first-order valence-electron chi connectivity index (χ1n) is 9.52. The summed E-state index contributed by atoms with van der Waals surface area (Å²) in [5.74, 6) is -4.12. The molecule has 1 atom stereocenters. The van der Waals surface area contributed by atoms with Crippen LogP contribution in [0.2, 0.25) is 0 Å². The molecule has 0 radical (unpaired) electrons. The highest BCUT2D eigenvalue weighted by molar-refractivity contribution is 6.58. The number of hydrogen-bond donors (Lipinski definition) is 6. The van der Waals surface area contributed by atoms with E-state index in [2.05, 4.69) is 10.6 Å². The first kappa shape index (κ1) is 25.6. The van der Waals surface area contributed by atoms with Gasteiger partial charge in [0, 0.05) is 24.1 Å². The lowest BCUT2D eigenvalue weighted by atomic mass is 9.79. The molecule has 0 unspecified atom stereocenters. The van der Waals surface area contributed by atoms with Crippen LogP contribution in [0, 0.1) is 11.6 Å². The lowest BCUT2D eigenvalue weighted by molar-refractivity contribution is -0.125. The predicted octanol–water partition coefficient (Wildman–Crippen LogP) is -3.20. The number of halogens is 2. The maximum Gasteiger partial charge on any atom is 0.488 e. The zero-order valence-electron chi connectivity index (χ0n) is 17.0. The second-order valence-electron chi connectivity index (χ2n) is 6.92. The fraction of sp³-hybridized carbons (Fsp3) is 0.158. The van der Waals surface area contributed by atoms with Crippen LogP contribution in [-0.2, 0) is 9.59 Å². The summed E-state index contributed by atoms with van der Waals surface area (Å²) in [6.07, 6.45) is -0.314. The molecular formula is C19H19B2F2N3O7. The molecule has 2 rings (SSSR count). The average molecular weight is 461 g/mol. The van der Waals surface area contributed by atoms with Crippen LogP contribution < -0.4 is 26.9 Å². The maximum absolute atomic E-state index is 13.7. The third-order valence-electron chi connectivity index (χ3n) is 4.38. The maximum atomic E-state index is 13.7. The van der Waals surface area contributed by atoms with Crippen molar-refractivity contribution in [2.75, 3.05) is 6.54 Å². The van der Waals surface area contributed by atoms with Gasteiger partial charge in [-0.2, -0.15) is 0 Å². The van der Waals surface area contributed by atoms with Crippen molar-refractivity contribution in [1.82, 2.24) is 16.0 Å². The van der Waals surface area contributed by atoms with E-state index in [-0.39, 0.29) is 35.0 Å². The Morgan fingerprint density at radius 3 is 2.24 bits per heavy atom. The van der Waals surface area contributed by atoms with Crippen molar-refractivity contribution in [2.45, 2.75) is 12.5 Å². The first-order chi connectivity index (χ1) is 15.6. The predicted molar refractivity (Wildman–Crippen MR) is 114 cm³/mol. The Labute approximate surface area is 187 Å². The number of carbonyl (C=O) groups excluding carboxylic acids is 4. The lowest BCUT2D eigenvalue weighted by Gasteiger charge is -2.19. The molecule has 0 aromatic heterocycles. The molecule has 0 spiro atoms.